The number of esters is 1. The van der Waals surface area contributed by atoms with E-state index in [0.717, 1.165) is 24.0 Å². The molecule has 42 heavy (non-hydrogen) atoms. The summed E-state index contributed by atoms with van der Waals surface area (Å²) in [7, 11) is 0. The topological polar surface area (TPSA) is 130 Å². The fourth-order valence-corrected chi connectivity index (χ4v) is 5.44. The van der Waals surface area contributed by atoms with E-state index in [2.05, 4.69) is 41.2 Å². The Bertz CT molecular complexity index is 1340. The monoisotopic (exact) mass is 574 g/mol. The third-order valence-electron chi connectivity index (χ3n) is 8.33. The van der Waals surface area contributed by atoms with Gasteiger partial charge in [0.25, 0.3) is 5.69 Å². The SMILES string of the molecule is CCCCCC1CCC(c2ccc(-c3cnc(OC(=O)c4cc(N)c(OC[C@@H](C)CC)cc4[N+](=O)[O-])cn3)cc2)CC1. The lowest BCUT2D eigenvalue weighted by molar-refractivity contribution is -0.385. The minimum Gasteiger partial charge on any atom is -0.491 e. The number of carbonyl (C=O) groups excluding carboxylic acids is 1. The average Bonchev–Trinajstić information content (AvgIpc) is 3.01. The van der Waals surface area contributed by atoms with E-state index in [4.69, 9.17) is 15.2 Å². The lowest BCUT2D eigenvalue weighted by Gasteiger charge is -2.29. The van der Waals surface area contributed by atoms with Crippen molar-refractivity contribution in [2.24, 2.45) is 11.8 Å². The van der Waals surface area contributed by atoms with Gasteiger partial charge in [0.1, 0.15) is 11.3 Å². The smallest absolute Gasteiger partial charge is 0.352 e. The number of anilines is 1. The van der Waals surface area contributed by atoms with Crippen molar-refractivity contribution < 1.29 is 19.2 Å². The van der Waals surface area contributed by atoms with Gasteiger partial charge in [-0.15, -0.1) is 0 Å². The molecule has 1 atom stereocenters. The molecule has 1 fully saturated rings. The number of nitro benzene ring substituents is 1. The van der Waals surface area contributed by atoms with Crippen molar-refractivity contribution in [1.29, 1.82) is 0 Å². The molecule has 0 radical (unpaired) electrons. The Labute approximate surface area is 248 Å². The molecule has 0 unspecified atom stereocenters. The standard InChI is InChI=1S/C33H42N4O5/c1-4-6-7-8-23-9-11-24(12-10-23)25-13-15-26(16-14-25)29-19-36-32(20-35-29)42-33(38)27-17-28(34)31(18-30(27)37(39)40)41-21-22(3)5-2/h13-20,22-24H,4-12,21,34H2,1-3H3/t22-,23?,24?/m0/s1. The van der Waals surface area contributed by atoms with Crippen LogP contribution >= 0.6 is 0 Å². The van der Waals surface area contributed by atoms with Gasteiger partial charge in [-0.25, -0.2) is 14.8 Å². The van der Waals surface area contributed by atoms with Crippen LogP contribution in [0.25, 0.3) is 11.3 Å². The van der Waals surface area contributed by atoms with Crippen LogP contribution in [0.1, 0.15) is 100 Å². The van der Waals surface area contributed by atoms with Crippen molar-refractivity contribution in [3.05, 3.63) is 70.0 Å². The van der Waals surface area contributed by atoms with Gasteiger partial charge in [-0.2, -0.15) is 0 Å². The van der Waals surface area contributed by atoms with E-state index in [1.54, 1.807) is 0 Å². The van der Waals surface area contributed by atoms with Crippen molar-refractivity contribution in [2.45, 2.75) is 84.5 Å². The van der Waals surface area contributed by atoms with Crippen LogP contribution in [0.2, 0.25) is 0 Å². The van der Waals surface area contributed by atoms with Gasteiger partial charge < -0.3 is 15.2 Å². The Balaban J connectivity index is 1.37. The van der Waals surface area contributed by atoms with Gasteiger partial charge in [-0.1, -0.05) is 77.1 Å². The summed E-state index contributed by atoms with van der Waals surface area (Å²) in [4.78, 5) is 32.5. The van der Waals surface area contributed by atoms with Crippen LogP contribution in [0.4, 0.5) is 11.4 Å². The summed E-state index contributed by atoms with van der Waals surface area (Å²) in [6, 6.07) is 10.8. The van der Waals surface area contributed by atoms with E-state index >= 15 is 0 Å². The zero-order chi connectivity index (χ0) is 30.1. The van der Waals surface area contributed by atoms with Gasteiger partial charge >= 0.3 is 5.97 Å². The number of hydrogen-bond donors (Lipinski definition) is 1. The largest absolute Gasteiger partial charge is 0.491 e. The Morgan fingerprint density at radius 3 is 2.43 bits per heavy atom. The summed E-state index contributed by atoms with van der Waals surface area (Å²) in [6.45, 7) is 6.63. The molecule has 1 heterocycles. The maximum absolute atomic E-state index is 12.9. The third kappa shape index (κ3) is 8.05. The van der Waals surface area contributed by atoms with Crippen molar-refractivity contribution in [3.63, 3.8) is 0 Å². The lowest BCUT2D eigenvalue weighted by atomic mass is 9.77. The Morgan fingerprint density at radius 1 is 1.07 bits per heavy atom. The predicted molar refractivity (Wildman–Crippen MR) is 164 cm³/mol. The van der Waals surface area contributed by atoms with Gasteiger partial charge in [0.2, 0.25) is 5.88 Å². The van der Waals surface area contributed by atoms with E-state index in [1.165, 1.54) is 75.4 Å². The molecule has 0 amide bonds. The van der Waals surface area contributed by atoms with Crippen molar-refractivity contribution >= 4 is 17.3 Å². The maximum Gasteiger partial charge on any atom is 0.352 e. The molecule has 1 aromatic heterocycles. The molecule has 1 aliphatic carbocycles. The van der Waals surface area contributed by atoms with Crippen LogP contribution in [-0.4, -0.2) is 27.5 Å². The molecule has 4 rings (SSSR count). The summed E-state index contributed by atoms with van der Waals surface area (Å²) in [5, 5.41) is 11.7. The van der Waals surface area contributed by atoms with E-state index in [0.29, 0.717) is 18.2 Å². The van der Waals surface area contributed by atoms with E-state index < -0.39 is 16.6 Å². The molecule has 2 N–H and O–H groups in total. The van der Waals surface area contributed by atoms with Gasteiger partial charge in [-0.3, -0.25) is 10.1 Å². The number of rotatable bonds is 13. The molecule has 224 valence electrons. The average molecular weight is 575 g/mol. The fourth-order valence-electron chi connectivity index (χ4n) is 5.44. The first-order chi connectivity index (χ1) is 20.3. The van der Waals surface area contributed by atoms with Crippen molar-refractivity contribution in [2.75, 3.05) is 12.3 Å². The highest BCUT2D eigenvalue weighted by Gasteiger charge is 2.26. The second-order valence-corrected chi connectivity index (χ2v) is 11.5. The Hall–Kier alpha value is -4.01. The van der Waals surface area contributed by atoms with Gasteiger partial charge in [0, 0.05) is 5.56 Å². The van der Waals surface area contributed by atoms with Gasteiger partial charge in [-0.05, 0) is 55.1 Å². The fraction of sp³-hybridized carbons (Fsp3) is 0.485. The highest BCUT2D eigenvalue weighted by molar-refractivity contribution is 5.97. The van der Waals surface area contributed by atoms with Crippen LogP contribution in [0.3, 0.4) is 0 Å². The number of carbonyl (C=O) groups is 1. The van der Waals surface area contributed by atoms with Crippen LogP contribution in [0.5, 0.6) is 11.6 Å². The number of ether oxygens (including phenoxy) is 2. The first kappa shape index (κ1) is 30.9. The number of nitrogens with zero attached hydrogens (tertiary/aromatic N) is 3. The molecule has 9 heteroatoms. The molecule has 0 spiro atoms. The highest BCUT2D eigenvalue weighted by Crippen LogP contribution is 2.38. The Morgan fingerprint density at radius 2 is 1.81 bits per heavy atom. The number of nitrogens with two attached hydrogens (primary N) is 1. The number of unbranched alkanes of at least 4 members (excludes halogenated alkanes) is 2. The molecule has 2 aromatic carbocycles. The normalized spacial score (nSPS) is 17.4. The molecule has 0 aliphatic heterocycles. The maximum atomic E-state index is 12.9. The first-order valence-electron chi connectivity index (χ1n) is 15.1. The number of benzene rings is 2. The molecule has 1 aliphatic rings. The van der Waals surface area contributed by atoms with E-state index in [1.807, 2.05) is 13.8 Å². The molecule has 0 saturated heterocycles. The molecule has 0 bridgehead atoms. The predicted octanol–water partition coefficient (Wildman–Crippen LogP) is 8.13. The van der Waals surface area contributed by atoms with Crippen LogP contribution in [0, 0.1) is 22.0 Å². The van der Waals surface area contributed by atoms with E-state index in [9.17, 15) is 14.9 Å². The van der Waals surface area contributed by atoms with Gasteiger partial charge in [0.15, 0.2) is 0 Å². The van der Waals surface area contributed by atoms with Crippen LogP contribution in [0.15, 0.2) is 48.8 Å². The van der Waals surface area contributed by atoms with Crippen LogP contribution < -0.4 is 15.2 Å². The molecule has 1 saturated carbocycles. The van der Waals surface area contributed by atoms with Crippen molar-refractivity contribution in [1.82, 2.24) is 9.97 Å². The molecular weight excluding hydrogens is 532 g/mol. The van der Waals surface area contributed by atoms with Crippen molar-refractivity contribution in [3.8, 4) is 22.9 Å². The second-order valence-electron chi connectivity index (χ2n) is 11.5. The summed E-state index contributed by atoms with van der Waals surface area (Å²) in [5.41, 5.74) is 8.32. The minimum absolute atomic E-state index is 0.0685. The zero-order valence-electron chi connectivity index (χ0n) is 24.9. The number of hydrogen-bond acceptors (Lipinski definition) is 8. The van der Waals surface area contributed by atoms with Crippen LogP contribution in [-0.2, 0) is 0 Å². The van der Waals surface area contributed by atoms with E-state index in [-0.39, 0.29) is 28.8 Å². The number of aromatic nitrogens is 2. The second kappa shape index (κ2) is 14.8. The summed E-state index contributed by atoms with van der Waals surface area (Å²) in [5.74, 6) is 0.870. The molecular formula is C33H42N4O5. The Kier molecular flexibility index (Phi) is 10.9. The molecule has 3 aromatic rings. The lowest BCUT2D eigenvalue weighted by Crippen LogP contribution is -2.14. The highest BCUT2D eigenvalue weighted by atomic mass is 16.6. The molecule has 9 nitrogen and oxygen atoms in total. The quantitative estimate of drug-likeness (QED) is 0.0711. The minimum atomic E-state index is -0.951. The summed E-state index contributed by atoms with van der Waals surface area (Å²) in [6.07, 6.45) is 14.2. The zero-order valence-corrected chi connectivity index (χ0v) is 24.9. The number of nitro groups is 1. The summed E-state index contributed by atoms with van der Waals surface area (Å²) >= 11 is 0. The third-order valence-corrected chi connectivity index (χ3v) is 8.33. The van der Waals surface area contributed by atoms with Gasteiger partial charge in [0.05, 0.1) is 41.4 Å². The first-order valence-corrected chi connectivity index (χ1v) is 15.1. The summed E-state index contributed by atoms with van der Waals surface area (Å²) < 4.78 is 11.0. The number of nitrogen functional groups attached to an aromatic ring is 1.